The number of carbonyl (C=O) groups is 1. The van der Waals surface area contributed by atoms with Crippen molar-refractivity contribution in [3.63, 3.8) is 0 Å². The van der Waals surface area contributed by atoms with Crippen molar-refractivity contribution in [3.05, 3.63) is 46.9 Å². The van der Waals surface area contributed by atoms with E-state index in [1.54, 1.807) is 38.1 Å². The minimum atomic E-state index is -0.474. The summed E-state index contributed by atoms with van der Waals surface area (Å²) in [6.07, 6.45) is 1.44. The summed E-state index contributed by atoms with van der Waals surface area (Å²) in [6, 6.07) is 7.10. The predicted octanol–water partition coefficient (Wildman–Crippen LogP) is 3.05. The maximum atomic E-state index is 11.8. The van der Waals surface area contributed by atoms with E-state index in [0.29, 0.717) is 16.7 Å². The van der Waals surface area contributed by atoms with E-state index in [0.717, 1.165) is 5.69 Å². The summed E-state index contributed by atoms with van der Waals surface area (Å²) in [5, 5.41) is 0.644. The second-order valence-electron chi connectivity index (χ2n) is 4.16. The van der Waals surface area contributed by atoms with Crippen LogP contribution in [0.5, 0.6) is 0 Å². The molecule has 0 aliphatic rings. The fourth-order valence-corrected chi connectivity index (χ4v) is 1.71. The third kappa shape index (κ3) is 4.06. The minimum Gasteiger partial charge on any atom is -0.462 e. The molecule has 1 aromatic heterocycles. The number of halogens is 1. The van der Waals surface area contributed by atoms with Gasteiger partial charge in [-0.1, -0.05) is 11.6 Å². The van der Waals surface area contributed by atoms with Gasteiger partial charge in [0.05, 0.1) is 12.3 Å². The van der Waals surface area contributed by atoms with Crippen LogP contribution in [0.25, 0.3) is 0 Å². The molecule has 1 heterocycles. The molecular weight excluding hydrogens is 292 g/mol. The maximum Gasteiger partial charge on any atom is 0.343 e. The Morgan fingerprint density at radius 2 is 2.00 bits per heavy atom. The Morgan fingerprint density at radius 3 is 2.67 bits per heavy atom. The lowest BCUT2D eigenvalue weighted by atomic mass is 10.3. The lowest BCUT2D eigenvalue weighted by Crippen LogP contribution is -2.16. The number of hydrogen-bond acceptors (Lipinski definition) is 6. The van der Waals surface area contributed by atoms with Crippen LogP contribution in [0.15, 0.2) is 30.5 Å². The van der Waals surface area contributed by atoms with Gasteiger partial charge < -0.3 is 4.74 Å². The van der Waals surface area contributed by atoms with Crippen LogP contribution in [0.1, 0.15) is 23.1 Å². The zero-order chi connectivity index (χ0) is 15.2. The van der Waals surface area contributed by atoms with Crippen molar-refractivity contribution in [2.45, 2.75) is 13.8 Å². The average Bonchev–Trinajstić information content (AvgIpc) is 2.47. The Bertz CT molecular complexity index is 631. The highest BCUT2D eigenvalue weighted by Crippen LogP contribution is 2.16. The first-order valence-electron chi connectivity index (χ1n) is 6.38. The molecule has 0 radical (unpaired) electrons. The number of hydrogen-bond donors (Lipinski definition) is 2. The maximum absolute atomic E-state index is 11.8. The highest BCUT2D eigenvalue weighted by atomic mass is 35.5. The number of hydrazine groups is 1. The summed E-state index contributed by atoms with van der Waals surface area (Å²) in [5.41, 5.74) is 6.88. The highest BCUT2D eigenvalue weighted by molar-refractivity contribution is 6.30. The number of esters is 1. The van der Waals surface area contributed by atoms with Gasteiger partial charge >= 0.3 is 5.97 Å². The summed E-state index contributed by atoms with van der Waals surface area (Å²) in [6.45, 7) is 3.77. The normalized spacial score (nSPS) is 10.0. The van der Waals surface area contributed by atoms with Crippen molar-refractivity contribution in [1.29, 1.82) is 0 Å². The van der Waals surface area contributed by atoms with Gasteiger partial charge in [0.25, 0.3) is 0 Å². The lowest BCUT2D eigenvalue weighted by Gasteiger charge is -2.12. The number of aromatic nitrogens is 2. The molecule has 0 saturated heterocycles. The van der Waals surface area contributed by atoms with E-state index in [1.165, 1.54) is 6.20 Å². The molecule has 0 aliphatic carbocycles. The molecule has 7 heteroatoms. The summed E-state index contributed by atoms with van der Waals surface area (Å²) < 4.78 is 4.97. The number of anilines is 2. The van der Waals surface area contributed by atoms with Crippen LogP contribution in [-0.2, 0) is 4.74 Å². The molecular formula is C14H15ClN4O2. The van der Waals surface area contributed by atoms with Crippen molar-refractivity contribution >= 4 is 29.1 Å². The molecule has 110 valence electrons. The Morgan fingerprint density at radius 1 is 1.29 bits per heavy atom. The second-order valence-corrected chi connectivity index (χ2v) is 4.59. The number of benzene rings is 1. The predicted molar refractivity (Wildman–Crippen MR) is 81.4 cm³/mol. The smallest absolute Gasteiger partial charge is 0.343 e. The SMILES string of the molecule is CCOC(=O)c1cnc(C)nc1NNc1ccc(Cl)cc1. The van der Waals surface area contributed by atoms with Crippen molar-refractivity contribution in [2.75, 3.05) is 17.5 Å². The van der Waals surface area contributed by atoms with Crippen LogP contribution in [-0.4, -0.2) is 22.5 Å². The quantitative estimate of drug-likeness (QED) is 0.653. The van der Waals surface area contributed by atoms with Crippen LogP contribution in [0, 0.1) is 6.92 Å². The van der Waals surface area contributed by atoms with E-state index in [-0.39, 0.29) is 12.2 Å². The molecule has 0 spiro atoms. The van der Waals surface area contributed by atoms with Gasteiger partial charge in [-0.25, -0.2) is 14.8 Å². The van der Waals surface area contributed by atoms with Gasteiger partial charge in [0, 0.05) is 11.2 Å². The van der Waals surface area contributed by atoms with Crippen LogP contribution >= 0.6 is 11.6 Å². The molecule has 0 fully saturated rings. The van der Waals surface area contributed by atoms with Gasteiger partial charge in [0.2, 0.25) is 0 Å². The molecule has 6 nitrogen and oxygen atoms in total. The average molecular weight is 307 g/mol. The van der Waals surface area contributed by atoms with Gasteiger partial charge in [0.15, 0.2) is 5.82 Å². The molecule has 0 atom stereocenters. The molecule has 0 unspecified atom stereocenters. The molecule has 0 aliphatic heterocycles. The van der Waals surface area contributed by atoms with Gasteiger partial charge in [-0.2, -0.15) is 0 Å². The number of nitrogens with zero attached hydrogens (tertiary/aromatic N) is 2. The summed E-state index contributed by atoms with van der Waals surface area (Å²) in [5.74, 6) is 0.428. The van der Waals surface area contributed by atoms with Crippen molar-refractivity contribution in [2.24, 2.45) is 0 Å². The van der Waals surface area contributed by atoms with E-state index >= 15 is 0 Å². The largest absolute Gasteiger partial charge is 0.462 e. The number of aryl methyl sites for hydroxylation is 1. The van der Waals surface area contributed by atoms with E-state index in [4.69, 9.17) is 16.3 Å². The topological polar surface area (TPSA) is 76.1 Å². The third-order valence-corrected chi connectivity index (χ3v) is 2.83. The van der Waals surface area contributed by atoms with Crippen LogP contribution in [0.4, 0.5) is 11.5 Å². The number of nitrogens with one attached hydrogen (secondary N) is 2. The van der Waals surface area contributed by atoms with Crippen molar-refractivity contribution in [3.8, 4) is 0 Å². The van der Waals surface area contributed by atoms with Gasteiger partial charge in [-0.15, -0.1) is 0 Å². The van der Waals surface area contributed by atoms with Crippen LogP contribution < -0.4 is 10.9 Å². The van der Waals surface area contributed by atoms with Gasteiger partial charge in [-0.3, -0.25) is 10.9 Å². The van der Waals surface area contributed by atoms with E-state index in [9.17, 15) is 4.79 Å². The third-order valence-electron chi connectivity index (χ3n) is 2.57. The van der Waals surface area contributed by atoms with E-state index in [2.05, 4.69) is 20.8 Å². The monoisotopic (exact) mass is 306 g/mol. The molecule has 2 rings (SSSR count). The summed E-state index contributed by atoms with van der Waals surface area (Å²) in [7, 11) is 0. The molecule has 2 N–H and O–H groups in total. The zero-order valence-corrected chi connectivity index (χ0v) is 12.4. The fraction of sp³-hybridized carbons (Fsp3) is 0.214. The lowest BCUT2D eigenvalue weighted by molar-refractivity contribution is 0.0526. The van der Waals surface area contributed by atoms with Crippen molar-refractivity contribution < 1.29 is 9.53 Å². The van der Waals surface area contributed by atoms with Gasteiger partial charge in [-0.05, 0) is 38.1 Å². The summed E-state index contributed by atoms with van der Waals surface area (Å²) >= 11 is 5.82. The van der Waals surface area contributed by atoms with Crippen LogP contribution in [0.3, 0.4) is 0 Å². The molecule has 1 aromatic carbocycles. The Labute approximate surface area is 127 Å². The van der Waals surface area contributed by atoms with E-state index in [1.807, 2.05) is 0 Å². The highest BCUT2D eigenvalue weighted by Gasteiger charge is 2.14. The first-order valence-corrected chi connectivity index (χ1v) is 6.76. The molecule has 0 bridgehead atoms. The van der Waals surface area contributed by atoms with Gasteiger partial charge in [0.1, 0.15) is 11.4 Å². The Hall–Kier alpha value is -2.34. The first-order chi connectivity index (χ1) is 10.1. The number of rotatable bonds is 5. The first kappa shape index (κ1) is 15.1. The zero-order valence-electron chi connectivity index (χ0n) is 11.7. The number of ether oxygens (including phenoxy) is 1. The Balaban J connectivity index is 2.16. The Kier molecular flexibility index (Phi) is 4.94. The van der Waals surface area contributed by atoms with Crippen LogP contribution in [0.2, 0.25) is 5.02 Å². The second kappa shape index (κ2) is 6.90. The molecule has 0 amide bonds. The standard InChI is InChI=1S/C14H15ClN4O2/c1-3-21-14(20)12-8-16-9(2)17-13(12)19-18-11-6-4-10(15)5-7-11/h4-8,18H,3H2,1-2H3,(H,16,17,19). The molecule has 2 aromatic rings. The number of carbonyl (C=O) groups excluding carboxylic acids is 1. The van der Waals surface area contributed by atoms with Crippen molar-refractivity contribution in [1.82, 2.24) is 9.97 Å². The summed E-state index contributed by atoms with van der Waals surface area (Å²) in [4.78, 5) is 20.1. The molecule has 0 saturated carbocycles. The molecule has 21 heavy (non-hydrogen) atoms. The van der Waals surface area contributed by atoms with E-state index < -0.39 is 5.97 Å². The minimum absolute atomic E-state index is 0.268. The fourth-order valence-electron chi connectivity index (χ4n) is 1.59.